The third-order valence-corrected chi connectivity index (χ3v) is 3.96. The zero-order valence-electron chi connectivity index (χ0n) is 13.6. The zero-order chi connectivity index (χ0) is 16.9. The molecule has 6 heteroatoms. The Morgan fingerprint density at radius 2 is 2.08 bits per heavy atom. The number of halogens is 1. The Morgan fingerprint density at radius 3 is 2.79 bits per heavy atom. The predicted molar refractivity (Wildman–Crippen MR) is 89.6 cm³/mol. The number of carbonyl (C=O) groups excluding carboxylic acids is 1. The molecule has 2 heterocycles. The molecule has 1 aliphatic heterocycles. The molecule has 1 aromatic carbocycles. The van der Waals surface area contributed by atoms with Gasteiger partial charge in [-0.3, -0.25) is 9.78 Å². The number of aromatic nitrogens is 1. The molecule has 1 aromatic heterocycles. The second-order valence-corrected chi connectivity index (χ2v) is 5.58. The van der Waals surface area contributed by atoms with Crippen LogP contribution in [0.15, 0.2) is 36.7 Å². The van der Waals surface area contributed by atoms with Gasteiger partial charge in [0.1, 0.15) is 11.6 Å². The van der Waals surface area contributed by atoms with E-state index >= 15 is 0 Å². The van der Waals surface area contributed by atoms with E-state index in [4.69, 9.17) is 4.74 Å². The van der Waals surface area contributed by atoms with Crippen molar-refractivity contribution in [1.29, 1.82) is 0 Å². The Bertz CT molecular complexity index is 730. The molecule has 5 nitrogen and oxygen atoms in total. The number of ether oxygens (including phenoxy) is 1. The first-order valence-corrected chi connectivity index (χ1v) is 8.07. The fourth-order valence-corrected chi connectivity index (χ4v) is 2.74. The molecule has 0 radical (unpaired) electrons. The van der Waals surface area contributed by atoms with Crippen molar-refractivity contribution in [2.75, 3.05) is 32.8 Å². The number of hydrogen-bond acceptors (Lipinski definition) is 4. The molecule has 1 fully saturated rings. The van der Waals surface area contributed by atoms with Gasteiger partial charge in [0.2, 0.25) is 0 Å². The standard InChI is InChI=1S/C18H20FN3O2/c1-2-24-15-9-14(11-21-12-15)16-4-3-13(10-17(16)19)18(23)22-7-5-20-6-8-22/h3-4,9-12,20H,2,5-8H2,1H3. The Balaban J connectivity index is 1.84. The minimum absolute atomic E-state index is 0.136. The van der Waals surface area contributed by atoms with Gasteiger partial charge in [0.05, 0.1) is 12.8 Å². The van der Waals surface area contributed by atoms with Gasteiger partial charge in [-0.25, -0.2) is 4.39 Å². The molecule has 0 atom stereocenters. The Hall–Kier alpha value is -2.47. The van der Waals surface area contributed by atoms with Crippen LogP contribution in [0.4, 0.5) is 4.39 Å². The number of rotatable bonds is 4. The number of nitrogens with zero attached hydrogens (tertiary/aromatic N) is 2. The van der Waals surface area contributed by atoms with Crippen molar-refractivity contribution in [3.05, 3.63) is 48.0 Å². The van der Waals surface area contributed by atoms with Crippen molar-refractivity contribution < 1.29 is 13.9 Å². The minimum Gasteiger partial charge on any atom is -0.492 e. The molecule has 0 spiro atoms. The lowest BCUT2D eigenvalue weighted by atomic mass is 10.0. The number of carbonyl (C=O) groups is 1. The summed E-state index contributed by atoms with van der Waals surface area (Å²) in [6.45, 7) is 5.21. The molecule has 2 aromatic rings. The van der Waals surface area contributed by atoms with Crippen molar-refractivity contribution >= 4 is 5.91 Å². The number of piperazine rings is 1. The van der Waals surface area contributed by atoms with Crippen molar-refractivity contribution in [3.8, 4) is 16.9 Å². The summed E-state index contributed by atoms with van der Waals surface area (Å²) in [4.78, 5) is 18.3. The average molecular weight is 329 g/mol. The summed E-state index contributed by atoms with van der Waals surface area (Å²) in [5.74, 6) is 0.0185. The summed E-state index contributed by atoms with van der Waals surface area (Å²) < 4.78 is 19.9. The average Bonchev–Trinajstić information content (AvgIpc) is 2.62. The van der Waals surface area contributed by atoms with Gasteiger partial charge in [0, 0.05) is 49.1 Å². The van der Waals surface area contributed by atoms with Gasteiger partial charge in [-0.05, 0) is 25.1 Å². The van der Waals surface area contributed by atoms with E-state index in [0.717, 1.165) is 13.1 Å². The van der Waals surface area contributed by atoms with Crippen molar-refractivity contribution in [1.82, 2.24) is 15.2 Å². The quantitative estimate of drug-likeness (QED) is 0.935. The molecule has 3 rings (SSSR count). The number of pyridine rings is 1. The lowest BCUT2D eigenvalue weighted by Crippen LogP contribution is -2.46. The first-order chi connectivity index (χ1) is 11.7. The molecule has 0 bridgehead atoms. The van der Waals surface area contributed by atoms with Gasteiger partial charge in [-0.2, -0.15) is 0 Å². The van der Waals surface area contributed by atoms with E-state index in [-0.39, 0.29) is 5.91 Å². The summed E-state index contributed by atoms with van der Waals surface area (Å²) in [7, 11) is 0. The molecular weight excluding hydrogens is 309 g/mol. The highest BCUT2D eigenvalue weighted by atomic mass is 19.1. The summed E-state index contributed by atoms with van der Waals surface area (Å²) in [5, 5.41) is 3.19. The van der Waals surface area contributed by atoms with E-state index in [1.807, 2.05) is 6.92 Å². The first kappa shape index (κ1) is 16.4. The van der Waals surface area contributed by atoms with Crippen molar-refractivity contribution in [2.24, 2.45) is 0 Å². The van der Waals surface area contributed by atoms with Gasteiger partial charge < -0.3 is 15.0 Å². The molecule has 1 N–H and O–H groups in total. The van der Waals surface area contributed by atoms with E-state index in [0.29, 0.717) is 42.1 Å². The lowest BCUT2D eigenvalue weighted by molar-refractivity contribution is 0.0735. The van der Waals surface area contributed by atoms with Crippen LogP contribution >= 0.6 is 0 Å². The molecule has 1 amide bonds. The molecular formula is C18H20FN3O2. The summed E-state index contributed by atoms with van der Waals surface area (Å²) in [5.41, 5.74) is 1.40. The number of nitrogens with one attached hydrogen (secondary N) is 1. The van der Waals surface area contributed by atoms with Crippen LogP contribution in [0, 0.1) is 5.82 Å². The second-order valence-electron chi connectivity index (χ2n) is 5.58. The van der Waals surface area contributed by atoms with Gasteiger partial charge in [-0.15, -0.1) is 0 Å². The third kappa shape index (κ3) is 3.54. The summed E-state index contributed by atoms with van der Waals surface area (Å²) in [6, 6.07) is 6.33. The summed E-state index contributed by atoms with van der Waals surface area (Å²) in [6.07, 6.45) is 3.17. The molecule has 1 saturated heterocycles. The third-order valence-electron chi connectivity index (χ3n) is 3.96. The summed E-state index contributed by atoms with van der Waals surface area (Å²) >= 11 is 0. The maximum Gasteiger partial charge on any atom is 0.254 e. The molecule has 126 valence electrons. The highest BCUT2D eigenvalue weighted by Gasteiger charge is 2.19. The minimum atomic E-state index is -0.438. The van der Waals surface area contributed by atoms with E-state index in [9.17, 15) is 9.18 Å². The molecule has 1 aliphatic rings. The first-order valence-electron chi connectivity index (χ1n) is 8.07. The molecule has 0 saturated carbocycles. The van der Waals surface area contributed by atoms with Crippen LogP contribution in [0.5, 0.6) is 5.75 Å². The Labute approximate surface area is 140 Å². The zero-order valence-corrected chi connectivity index (χ0v) is 13.6. The van der Waals surface area contributed by atoms with E-state index < -0.39 is 5.82 Å². The van der Waals surface area contributed by atoms with Crippen LogP contribution in [0.1, 0.15) is 17.3 Å². The SMILES string of the molecule is CCOc1cncc(-c2ccc(C(=O)N3CCNCC3)cc2F)c1. The van der Waals surface area contributed by atoms with Crippen LogP contribution in [-0.4, -0.2) is 48.6 Å². The fraction of sp³-hybridized carbons (Fsp3) is 0.333. The fourth-order valence-electron chi connectivity index (χ4n) is 2.74. The number of hydrogen-bond donors (Lipinski definition) is 1. The Kier molecular flexibility index (Phi) is 5.05. The van der Waals surface area contributed by atoms with Crippen LogP contribution in [0.2, 0.25) is 0 Å². The second kappa shape index (κ2) is 7.40. The molecule has 0 unspecified atom stereocenters. The van der Waals surface area contributed by atoms with Crippen LogP contribution in [0.3, 0.4) is 0 Å². The monoisotopic (exact) mass is 329 g/mol. The Morgan fingerprint density at radius 1 is 1.29 bits per heavy atom. The van der Waals surface area contributed by atoms with Crippen molar-refractivity contribution in [2.45, 2.75) is 6.92 Å². The highest BCUT2D eigenvalue weighted by molar-refractivity contribution is 5.94. The number of benzene rings is 1. The molecule has 0 aliphatic carbocycles. The van der Waals surface area contributed by atoms with Gasteiger partial charge >= 0.3 is 0 Å². The van der Waals surface area contributed by atoms with E-state index in [2.05, 4.69) is 10.3 Å². The maximum atomic E-state index is 14.5. The van der Waals surface area contributed by atoms with Crippen molar-refractivity contribution in [3.63, 3.8) is 0 Å². The topological polar surface area (TPSA) is 54.5 Å². The predicted octanol–water partition coefficient (Wildman–Crippen LogP) is 2.33. The van der Waals surface area contributed by atoms with Gasteiger partial charge in [-0.1, -0.05) is 6.07 Å². The smallest absolute Gasteiger partial charge is 0.254 e. The van der Waals surface area contributed by atoms with Crippen LogP contribution in [-0.2, 0) is 0 Å². The lowest BCUT2D eigenvalue weighted by Gasteiger charge is -2.27. The maximum absolute atomic E-state index is 14.5. The van der Waals surface area contributed by atoms with E-state index in [1.54, 1.807) is 35.5 Å². The van der Waals surface area contributed by atoms with Crippen LogP contribution in [0.25, 0.3) is 11.1 Å². The van der Waals surface area contributed by atoms with E-state index in [1.165, 1.54) is 6.07 Å². The molecule has 24 heavy (non-hydrogen) atoms. The normalized spacial score (nSPS) is 14.5. The van der Waals surface area contributed by atoms with Gasteiger partial charge in [0.15, 0.2) is 0 Å². The van der Waals surface area contributed by atoms with Crippen LogP contribution < -0.4 is 10.1 Å². The van der Waals surface area contributed by atoms with Gasteiger partial charge in [0.25, 0.3) is 5.91 Å². The highest BCUT2D eigenvalue weighted by Crippen LogP contribution is 2.26. The number of amides is 1. The largest absolute Gasteiger partial charge is 0.492 e.